The number of carbonyl (C=O) groups excluding carboxylic acids is 1. The predicted octanol–water partition coefficient (Wildman–Crippen LogP) is 3.09. The number of nitrogen functional groups attached to an aromatic ring is 1. The van der Waals surface area contributed by atoms with Crippen LogP contribution in [0.25, 0.3) is 0 Å². The van der Waals surface area contributed by atoms with Crippen molar-refractivity contribution in [3.8, 4) is 5.75 Å². The molecule has 3 aromatic rings. The van der Waals surface area contributed by atoms with Crippen LogP contribution in [0.5, 0.6) is 5.75 Å². The highest BCUT2D eigenvalue weighted by Gasteiger charge is 2.11. The molecule has 0 aliphatic heterocycles. The summed E-state index contributed by atoms with van der Waals surface area (Å²) < 4.78 is 10.6. The van der Waals surface area contributed by atoms with Crippen LogP contribution < -0.4 is 26.6 Å². The van der Waals surface area contributed by atoms with Crippen LogP contribution in [0.2, 0.25) is 10.0 Å². The van der Waals surface area contributed by atoms with E-state index in [1.165, 1.54) is 12.4 Å². The van der Waals surface area contributed by atoms with E-state index in [0.717, 1.165) is 5.76 Å². The van der Waals surface area contributed by atoms with Gasteiger partial charge in [-0.15, -0.1) is 0 Å². The molecule has 0 saturated heterocycles. The minimum atomic E-state index is -0.464. The Hall–Kier alpha value is -3.17. The number of anilines is 3. The van der Waals surface area contributed by atoms with Gasteiger partial charge < -0.3 is 20.2 Å². The number of nitrogens with one attached hydrogen (secondary N) is 3. The lowest BCUT2D eigenvalue weighted by atomic mass is 10.3. The lowest BCUT2D eigenvalue weighted by molar-refractivity contribution is -0.122. The van der Waals surface area contributed by atoms with Crippen molar-refractivity contribution < 1.29 is 13.9 Å². The SMILES string of the molecule is Nc1c(NCc2ccco2)ncnc1NNC(=O)COc1ccc(Cl)cc1Cl. The van der Waals surface area contributed by atoms with E-state index in [-0.39, 0.29) is 18.1 Å². The summed E-state index contributed by atoms with van der Waals surface area (Å²) in [6.45, 7) is 0.124. The smallest absolute Gasteiger partial charge is 0.276 e. The van der Waals surface area contributed by atoms with Crippen LogP contribution in [-0.4, -0.2) is 22.5 Å². The van der Waals surface area contributed by atoms with Crippen molar-refractivity contribution in [1.29, 1.82) is 0 Å². The standard InChI is InChI=1S/C17H16Cl2N6O3/c18-10-3-4-13(12(19)6-10)28-8-14(26)24-25-17-15(20)16(22-9-23-17)21-7-11-2-1-5-27-11/h1-6,9H,7-8,20H2,(H,24,26)(H2,21,22,23,25). The van der Waals surface area contributed by atoms with Crippen molar-refractivity contribution in [2.24, 2.45) is 0 Å². The van der Waals surface area contributed by atoms with Crippen molar-refractivity contribution in [3.05, 3.63) is 58.7 Å². The number of ether oxygens (including phenoxy) is 1. The van der Waals surface area contributed by atoms with E-state index >= 15 is 0 Å². The van der Waals surface area contributed by atoms with Crippen molar-refractivity contribution in [3.63, 3.8) is 0 Å². The number of amides is 1. The Kier molecular flexibility index (Phi) is 6.41. The molecule has 5 N–H and O–H groups in total. The molecule has 0 bridgehead atoms. The molecule has 11 heteroatoms. The van der Waals surface area contributed by atoms with Crippen molar-refractivity contribution in [2.45, 2.75) is 6.54 Å². The van der Waals surface area contributed by atoms with Gasteiger partial charge in [0.15, 0.2) is 18.2 Å². The maximum Gasteiger partial charge on any atom is 0.276 e. The van der Waals surface area contributed by atoms with E-state index in [1.54, 1.807) is 24.5 Å². The lowest BCUT2D eigenvalue weighted by Gasteiger charge is -2.13. The number of nitrogens with two attached hydrogens (primary N) is 1. The monoisotopic (exact) mass is 422 g/mol. The zero-order valence-electron chi connectivity index (χ0n) is 14.4. The average molecular weight is 423 g/mol. The Morgan fingerprint density at radius 2 is 2.04 bits per heavy atom. The molecule has 1 amide bonds. The molecule has 0 radical (unpaired) electrons. The molecule has 9 nitrogen and oxygen atoms in total. The Labute approximate surface area is 170 Å². The summed E-state index contributed by atoms with van der Waals surface area (Å²) in [7, 11) is 0. The van der Waals surface area contributed by atoms with E-state index in [9.17, 15) is 4.79 Å². The van der Waals surface area contributed by atoms with E-state index < -0.39 is 5.91 Å². The summed E-state index contributed by atoms with van der Waals surface area (Å²) in [6.07, 6.45) is 2.88. The molecule has 2 aromatic heterocycles. The van der Waals surface area contributed by atoms with Gasteiger partial charge >= 0.3 is 0 Å². The molecule has 0 fully saturated rings. The summed E-state index contributed by atoms with van der Waals surface area (Å²) in [5, 5.41) is 3.81. The molecule has 0 saturated carbocycles. The maximum atomic E-state index is 12.0. The highest BCUT2D eigenvalue weighted by molar-refractivity contribution is 6.35. The number of aromatic nitrogens is 2. The van der Waals surface area contributed by atoms with Gasteiger partial charge in [0.25, 0.3) is 5.91 Å². The highest BCUT2D eigenvalue weighted by atomic mass is 35.5. The van der Waals surface area contributed by atoms with Crippen LogP contribution in [-0.2, 0) is 11.3 Å². The minimum Gasteiger partial charge on any atom is -0.482 e. The summed E-state index contributed by atoms with van der Waals surface area (Å²) in [5.74, 6) is 1.22. The Bertz CT molecular complexity index is 952. The highest BCUT2D eigenvalue weighted by Crippen LogP contribution is 2.27. The molecule has 28 heavy (non-hydrogen) atoms. The number of hydrogen-bond acceptors (Lipinski definition) is 8. The van der Waals surface area contributed by atoms with Crippen LogP contribution in [0.4, 0.5) is 17.3 Å². The first kappa shape index (κ1) is 19.6. The molecule has 0 unspecified atom stereocenters. The molecular weight excluding hydrogens is 407 g/mol. The van der Waals surface area contributed by atoms with E-state index in [4.69, 9.17) is 38.1 Å². The van der Waals surface area contributed by atoms with Crippen LogP contribution in [0.3, 0.4) is 0 Å². The fraction of sp³-hybridized carbons (Fsp3) is 0.118. The van der Waals surface area contributed by atoms with Gasteiger partial charge in [0, 0.05) is 5.02 Å². The molecule has 0 aliphatic rings. The van der Waals surface area contributed by atoms with Crippen molar-refractivity contribution >= 4 is 46.4 Å². The fourth-order valence-corrected chi connectivity index (χ4v) is 2.58. The molecule has 0 atom stereocenters. The molecule has 146 valence electrons. The molecule has 3 rings (SSSR count). The van der Waals surface area contributed by atoms with Gasteiger partial charge in [0.2, 0.25) is 0 Å². The number of hydrogen-bond donors (Lipinski definition) is 4. The third-order valence-corrected chi connectivity index (χ3v) is 4.00. The zero-order valence-corrected chi connectivity index (χ0v) is 15.9. The molecule has 1 aromatic carbocycles. The first-order valence-electron chi connectivity index (χ1n) is 8.02. The van der Waals surface area contributed by atoms with Crippen LogP contribution in [0.15, 0.2) is 47.3 Å². The van der Waals surface area contributed by atoms with Gasteiger partial charge in [-0.2, -0.15) is 0 Å². The van der Waals surface area contributed by atoms with Gasteiger partial charge in [-0.25, -0.2) is 9.97 Å². The van der Waals surface area contributed by atoms with E-state index in [2.05, 4.69) is 26.1 Å². The molecule has 0 spiro atoms. The predicted molar refractivity (Wildman–Crippen MR) is 106 cm³/mol. The van der Waals surface area contributed by atoms with Gasteiger partial charge in [0.1, 0.15) is 23.5 Å². The number of halogens is 2. The first-order chi connectivity index (χ1) is 13.5. The summed E-state index contributed by atoms with van der Waals surface area (Å²) in [6, 6.07) is 8.30. The van der Waals surface area contributed by atoms with Crippen LogP contribution >= 0.6 is 23.2 Å². The number of benzene rings is 1. The lowest BCUT2D eigenvalue weighted by Crippen LogP contribution is -2.34. The third-order valence-electron chi connectivity index (χ3n) is 3.47. The summed E-state index contributed by atoms with van der Waals surface area (Å²) >= 11 is 11.8. The second kappa shape index (κ2) is 9.16. The third kappa shape index (κ3) is 5.18. The van der Waals surface area contributed by atoms with E-state index in [0.29, 0.717) is 28.2 Å². The van der Waals surface area contributed by atoms with Gasteiger partial charge in [-0.3, -0.25) is 15.6 Å². The van der Waals surface area contributed by atoms with Crippen molar-refractivity contribution in [1.82, 2.24) is 15.4 Å². The maximum absolute atomic E-state index is 12.0. The number of nitrogens with zero attached hydrogens (tertiary/aromatic N) is 2. The molecular formula is C17H16Cl2N6O3. The Morgan fingerprint density at radius 1 is 1.21 bits per heavy atom. The fourth-order valence-electron chi connectivity index (χ4n) is 2.12. The zero-order chi connectivity index (χ0) is 19.9. The molecule has 0 aliphatic carbocycles. The first-order valence-corrected chi connectivity index (χ1v) is 8.78. The van der Waals surface area contributed by atoms with Crippen LogP contribution in [0, 0.1) is 0 Å². The number of carbonyl (C=O) groups is 1. The Balaban J connectivity index is 1.52. The van der Waals surface area contributed by atoms with Gasteiger partial charge in [-0.05, 0) is 30.3 Å². The summed E-state index contributed by atoms with van der Waals surface area (Å²) in [5.41, 5.74) is 11.3. The number of furan rings is 1. The van der Waals surface area contributed by atoms with Crippen molar-refractivity contribution in [2.75, 3.05) is 23.1 Å². The molecule has 2 heterocycles. The minimum absolute atomic E-state index is 0.231. The van der Waals surface area contributed by atoms with Crippen LogP contribution in [0.1, 0.15) is 5.76 Å². The Morgan fingerprint density at radius 3 is 2.79 bits per heavy atom. The normalized spacial score (nSPS) is 10.4. The number of rotatable bonds is 8. The quantitative estimate of drug-likeness (QED) is 0.407. The van der Waals surface area contributed by atoms with Gasteiger partial charge in [0.05, 0.1) is 17.8 Å². The van der Waals surface area contributed by atoms with E-state index in [1.807, 2.05) is 6.07 Å². The number of hydrazine groups is 1. The largest absolute Gasteiger partial charge is 0.482 e. The topological polar surface area (TPSA) is 127 Å². The second-order valence-corrected chi connectivity index (χ2v) is 6.30. The van der Waals surface area contributed by atoms with Gasteiger partial charge in [-0.1, -0.05) is 23.2 Å². The second-order valence-electron chi connectivity index (χ2n) is 5.45. The summed E-state index contributed by atoms with van der Waals surface area (Å²) in [4.78, 5) is 20.0. The average Bonchev–Trinajstić information content (AvgIpc) is 3.19.